The Hall–Kier alpha value is -1.28. The summed E-state index contributed by atoms with van der Waals surface area (Å²) < 4.78 is 26.4. The van der Waals surface area contributed by atoms with E-state index in [0.29, 0.717) is 5.56 Å². The lowest BCUT2D eigenvalue weighted by atomic mass is 10.1. The molecule has 1 heterocycles. The third-order valence-corrected chi connectivity index (χ3v) is 5.98. The van der Waals surface area contributed by atoms with E-state index in [4.69, 9.17) is 0 Å². The molecule has 0 amide bonds. The first kappa shape index (κ1) is 16.1. The van der Waals surface area contributed by atoms with E-state index in [2.05, 4.69) is 4.98 Å². The Morgan fingerprint density at radius 2 is 2.14 bits per heavy atom. The average molecular weight is 326 g/mol. The van der Waals surface area contributed by atoms with Gasteiger partial charge in [-0.2, -0.15) is 4.31 Å². The molecule has 0 bridgehead atoms. The molecule has 0 aliphatic carbocycles. The highest BCUT2D eigenvalue weighted by Crippen LogP contribution is 2.22. The van der Waals surface area contributed by atoms with Crippen LogP contribution in [0.2, 0.25) is 0 Å². The maximum atomic E-state index is 12.6. The highest BCUT2D eigenvalue weighted by Gasteiger charge is 2.22. The molecule has 1 aromatic carbocycles. The third kappa shape index (κ3) is 3.49. The summed E-state index contributed by atoms with van der Waals surface area (Å²) in [4.78, 5) is 5.24. The summed E-state index contributed by atoms with van der Waals surface area (Å²) in [6.45, 7) is 3.76. The van der Waals surface area contributed by atoms with Crippen molar-refractivity contribution in [3.8, 4) is 0 Å². The van der Waals surface area contributed by atoms with Gasteiger partial charge in [0, 0.05) is 18.5 Å². The third-order valence-electron chi connectivity index (χ3n) is 3.26. The first-order valence-electron chi connectivity index (χ1n) is 6.45. The lowest BCUT2D eigenvalue weighted by molar-refractivity contribution is 0.199. The van der Waals surface area contributed by atoms with Crippen LogP contribution in [0, 0.1) is 6.92 Å². The van der Waals surface area contributed by atoms with E-state index < -0.39 is 16.1 Å². The Kier molecular flexibility index (Phi) is 4.77. The molecule has 7 heteroatoms. The molecular formula is C14H18N2O3S2. The summed E-state index contributed by atoms with van der Waals surface area (Å²) >= 11 is 1.44. The summed E-state index contributed by atoms with van der Waals surface area (Å²) in [6.07, 6.45) is -0.700. The van der Waals surface area contributed by atoms with Crippen LogP contribution in [0.4, 0.5) is 0 Å². The molecular weight excluding hydrogens is 308 g/mol. The number of rotatable bonds is 5. The van der Waals surface area contributed by atoms with Gasteiger partial charge in [-0.25, -0.2) is 13.4 Å². The zero-order valence-corrected chi connectivity index (χ0v) is 13.8. The van der Waals surface area contributed by atoms with Crippen molar-refractivity contribution in [1.29, 1.82) is 0 Å². The van der Waals surface area contributed by atoms with Gasteiger partial charge in [0.15, 0.2) is 0 Å². The molecule has 1 unspecified atom stereocenters. The summed E-state index contributed by atoms with van der Waals surface area (Å²) in [5, 5.41) is 9.58. The van der Waals surface area contributed by atoms with Gasteiger partial charge < -0.3 is 5.11 Å². The Balaban J connectivity index is 2.29. The van der Waals surface area contributed by atoms with Crippen LogP contribution >= 0.6 is 11.3 Å². The van der Waals surface area contributed by atoms with Gasteiger partial charge in [0.05, 0.1) is 22.2 Å². The van der Waals surface area contributed by atoms with Crippen molar-refractivity contribution in [2.75, 3.05) is 7.05 Å². The van der Waals surface area contributed by atoms with Gasteiger partial charge in [0.25, 0.3) is 0 Å². The minimum atomic E-state index is -3.59. The fraction of sp³-hybridized carbons (Fsp3) is 0.357. The monoisotopic (exact) mass is 326 g/mol. The normalized spacial score (nSPS) is 13.6. The number of thiazole rings is 1. The van der Waals surface area contributed by atoms with E-state index >= 15 is 0 Å². The fourth-order valence-electron chi connectivity index (χ4n) is 1.88. The molecule has 0 radical (unpaired) electrons. The Labute approximate surface area is 128 Å². The van der Waals surface area contributed by atoms with Gasteiger partial charge in [-0.1, -0.05) is 12.1 Å². The minimum absolute atomic E-state index is 0.186. The highest BCUT2D eigenvalue weighted by atomic mass is 32.2. The molecule has 1 atom stereocenters. The SMILES string of the molecule is Cc1ncsc1CN(C)S(=O)(=O)c1cccc(C(C)O)c1. The number of nitrogens with zero attached hydrogens (tertiary/aromatic N) is 2. The van der Waals surface area contributed by atoms with Crippen LogP contribution < -0.4 is 0 Å². The summed E-state index contributed by atoms with van der Waals surface area (Å²) in [5.74, 6) is 0. The Morgan fingerprint density at radius 3 is 2.71 bits per heavy atom. The van der Waals surface area contributed by atoms with Crippen molar-refractivity contribution in [2.24, 2.45) is 0 Å². The fourth-order valence-corrected chi connectivity index (χ4v) is 3.99. The van der Waals surface area contributed by atoms with E-state index in [1.165, 1.54) is 27.8 Å². The van der Waals surface area contributed by atoms with Gasteiger partial charge in [0.2, 0.25) is 10.0 Å². The highest BCUT2D eigenvalue weighted by molar-refractivity contribution is 7.89. The van der Waals surface area contributed by atoms with Crippen LogP contribution in [-0.4, -0.2) is 29.9 Å². The van der Waals surface area contributed by atoms with Crippen molar-refractivity contribution >= 4 is 21.4 Å². The molecule has 0 saturated heterocycles. The van der Waals surface area contributed by atoms with E-state index in [0.717, 1.165) is 10.6 Å². The standard InChI is InChI=1S/C14H18N2O3S2/c1-10-14(20-9-15-10)8-16(3)21(18,19)13-6-4-5-12(7-13)11(2)17/h4-7,9,11,17H,8H2,1-3H3. The van der Waals surface area contributed by atoms with Crippen LogP contribution in [0.15, 0.2) is 34.7 Å². The maximum Gasteiger partial charge on any atom is 0.243 e. The molecule has 114 valence electrons. The first-order valence-corrected chi connectivity index (χ1v) is 8.77. The number of hydrogen-bond acceptors (Lipinski definition) is 5. The van der Waals surface area contributed by atoms with Crippen LogP contribution in [0.5, 0.6) is 0 Å². The molecule has 21 heavy (non-hydrogen) atoms. The number of aliphatic hydroxyl groups is 1. The average Bonchev–Trinajstić information content (AvgIpc) is 2.84. The maximum absolute atomic E-state index is 12.6. The molecule has 0 saturated carbocycles. The van der Waals surface area contributed by atoms with Crippen molar-refractivity contribution in [1.82, 2.24) is 9.29 Å². The number of benzene rings is 1. The van der Waals surface area contributed by atoms with Crippen molar-refractivity contribution in [2.45, 2.75) is 31.4 Å². The summed E-state index contributed by atoms with van der Waals surface area (Å²) in [7, 11) is -2.04. The summed E-state index contributed by atoms with van der Waals surface area (Å²) in [5.41, 5.74) is 3.14. The molecule has 5 nitrogen and oxygen atoms in total. The van der Waals surface area contributed by atoms with E-state index in [-0.39, 0.29) is 11.4 Å². The number of hydrogen-bond donors (Lipinski definition) is 1. The second kappa shape index (κ2) is 6.23. The van der Waals surface area contributed by atoms with Crippen molar-refractivity contribution in [3.63, 3.8) is 0 Å². The number of sulfonamides is 1. The van der Waals surface area contributed by atoms with E-state index in [1.807, 2.05) is 6.92 Å². The van der Waals surface area contributed by atoms with Crippen LogP contribution in [0.3, 0.4) is 0 Å². The quantitative estimate of drug-likeness (QED) is 0.915. The van der Waals surface area contributed by atoms with Crippen LogP contribution in [0.1, 0.15) is 29.2 Å². The molecule has 1 N–H and O–H groups in total. The minimum Gasteiger partial charge on any atom is -0.389 e. The topological polar surface area (TPSA) is 70.5 Å². The van der Waals surface area contributed by atoms with Gasteiger partial charge in [-0.3, -0.25) is 0 Å². The first-order chi connectivity index (χ1) is 9.82. The molecule has 0 fully saturated rings. The number of aryl methyl sites for hydroxylation is 1. The predicted octanol–water partition coefficient (Wildman–Crippen LogP) is 2.33. The predicted molar refractivity (Wildman–Crippen MR) is 82.6 cm³/mol. The molecule has 2 aromatic rings. The smallest absolute Gasteiger partial charge is 0.243 e. The number of aromatic nitrogens is 1. The number of aliphatic hydroxyl groups excluding tert-OH is 1. The van der Waals surface area contributed by atoms with Gasteiger partial charge >= 0.3 is 0 Å². The zero-order valence-electron chi connectivity index (χ0n) is 12.1. The lowest BCUT2D eigenvalue weighted by Gasteiger charge is -2.17. The van der Waals surface area contributed by atoms with E-state index in [1.54, 1.807) is 31.6 Å². The van der Waals surface area contributed by atoms with Crippen LogP contribution in [0.25, 0.3) is 0 Å². The second-order valence-electron chi connectivity index (χ2n) is 4.87. The molecule has 1 aromatic heterocycles. The molecule has 0 spiro atoms. The lowest BCUT2D eigenvalue weighted by Crippen LogP contribution is -2.26. The Morgan fingerprint density at radius 1 is 1.43 bits per heavy atom. The summed E-state index contributed by atoms with van der Waals surface area (Å²) in [6, 6.07) is 6.39. The van der Waals surface area contributed by atoms with Gasteiger partial charge in [-0.15, -0.1) is 11.3 Å². The largest absolute Gasteiger partial charge is 0.389 e. The molecule has 0 aliphatic heterocycles. The molecule has 0 aliphatic rings. The van der Waals surface area contributed by atoms with Crippen molar-refractivity contribution < 1.29 is 13.5 Å². The zero-order chi connectivity index (χ0) is 15.6. The Bertz CT molecular complexity index is 723. The van der Waals surface area contributed by atoms with Gasteiger partial charge in [-0.05, 0) is 31.5 Å². The van der Waals surface area contributed by atoms with Crippen molar-refractivity contribution in [3.05, 3.63) is 45.9 Å². The van der Waals surface area contributed by atoms with E-state index in [9.17, 15) is 13.5 Å². The van der Waals surface area contributed by atoms with Gasteiger partial charge in [0.1, 0.15) is 0 Å². The molecule has 2 rings (SSSR count). The van der Waals surface area contributed by atoms with Crippen LogP contribution in [-0.2, 0) is 16.6 Å². The second-order valence-corrected chi connectivity index (χ2v) is 7.85.